The molecule has 0 amide bonds. The van der Waals surface area contributed by atoms with E-state index >= 15 is 0 Å². The van der Waals surface area contributed by atoms with Crippen molar-refractivity contribution in [3.63, 3.8) is 0 Å². The first-order valence-corrected chi connectivity index (χ1v) is 12.3. The van der Waals surface area contributed by atoms with Gasteiger partial charge in [-0.05, 0) is 78.3 Å². The first kappa shape index (κ1) is 23.7. The third kappa shape index (κ3) is 7.02. The summed E-state index contributed by atoms with van der Waals surface area (Å²) in [4.78, 5) is 0. The van der Waals surface area contributed by atoms with Crippen molar-refractivity contribution in [1.29, 1.82) is 0 Å². The molecule has 28 heavy (non-hydrogen) atoms. The molecule has 0 saturated carbocycles. The zero-order valence-corrected chi connectivity index (χ0v) is 20.1. The van der Waals surface area contributed by atoms with E-state index < -0.39 is 16.8 Å². The Bertz CT molecular complexity index is 664. The zero-order chi connectivity index (χ0) is 20.8. The molecule has 2 rings (SSSR count). The van der Waals surface area contributed by atoms with Crippen LogP contribution in [0.5, 0.6) is 0 Å². The summed E-state index contributed by atoms with van der Waals surface area (Å²) < 4.78 is 25.0. The maximum Gasteiger partial charge on any atom is 0.206 e. The second-order valence-electron chi connectivity index (χ2n) is 7.82. The normalized spacial score (nSPS) is 12.6. The first-order chi connectivity index (χ1) is 13.2. The quantitative estimate of drug-likeness (QED) is 0.413. The Morgan fingerprint density at radius 1 is 0.536 bits per heavy atom. The van der Waals surface area contributed by atoms with Gasteiger partial charge in [0.15, 0.2) is 0 Å². The number of rotatable bonds is 10. The van der Waals surface area contributed by atoms with E-state index in [4.69, 9.17) is 18.1 Å². The molecule has 0 radical (unpaired) electrons. The minimum Gasteiger partial charge on any atom is -0.328 e. The number of benzene rings is 2. The zero-order valence-electron chi connectivity index (χ0n) is 18.3. The van der Waals surface area contributed by atoms with Crippen LogP contribution in [0.15, 0.2) is 36.4 Å². The average Bonchev–Trinajstić information content (AvgIpc) is 2.58. The van der Waals surface area contributed by atoms with Crippen LogP contribution in [0.3, 0.4) is 0 Å². The highest BCUT2D eigenvalue weighted by atomic mass is 31.2. The fraction of sp³-hybridized carbons (Fsp3) is 0.545. The smallest absolute Gasteiger partial charge is 0.206 e. The van der Waals surface area contributed by atoms with E-state index in [0.29, 0.717) is 0 Å². The molecule has 4 nitrogen and oxygen atoms in total. The molecule has 0 atom stereocenters. The molecular weight excluding hydrogens is 390 g/mol. The van der Waals surface area contributed by atoms with E-state index in [1.807, 2.05) is 55.4 Å². The predicted octanol–water partition coefficient (Wildman–Crippen LogP) is 6.41. The Balaban J connectivity index is 2.63. The molecule has 0 aliphatic rings. The summed E-state index contributed by atoms with van der Waals surface area (Å²) in [5.41, 5.74) is 0. The summed E-state index contributed by atoms with van der Waals surface area (Å²) in [5.74, 6) is 0. The number of fused-ring (bicyclic) bond motifs is 1. The lowest BCUT2D eigenvalue weighted by atomic mass is 10.1. The lowest BCUT2D eigenvalue weighted by Gasteiger charge is -2.28. The fourth-order valence-corrected chi connectivity index (χ4v) is 6.12. The van der Waals surface area contributed by atoms with Crippen molar-refractivity contribution in [3.8, 4) is 0 Å². The molecule has 0 bridgehead atoms. The Labute approximate surface area is 172 Å². The first-order valence-electron chi connectivity index (χ1n) is 9.97. The van der Waals surface area contributed by atoms with Crippen molar-refractivity contribution in [1.82, 2.24) is 0 Å². The summed E-state index contributed by atoms with van der Waals surface area (Å²) in [6.45, 7) is 16.3. The van der Waals surface area contributed by atoms with Gasteiger partial charge < -0.3 is 18.1 Å². The maximum absolute atomic E-state index is 6.24. The monoisotopic (exact) mass is 424 g/mol. The summed E-state index contributed by atoms with van der Waals surface area (Å²) in [7, 11) is -2.51. The Morgan fingerprint density at radius 2 is 0.821 bits per heavy atom. The van der Waals surface area contributed by atoms with Crippen molar-refractivity contribution < 1.29 is 18.1 Å². The second-order valence-corrected chi connectivity index (χ2v) is 10.7. The molecule has 0 spiro atoms. The standard InChI is InChI=1S/C22H34O4P2/c1-15(2)23-27(24-16(3)4)21-13-19-11-9-10-12-20(19)14-22(21)28(25-17(5)6)26-18(7)8/h9-18H,1-8H3. The number of hydrogen-bond acceptors (Lipinski definition) is 4. The highest BCUT2D eigenvalue weighted by Crippen LogP contribution is 2.46. The molecule has 0 heterocycles. The van der Waals surface area contributed by atoms with Crippen molar-refractivity contribution in [2.75, 3.05) is 0 Å². The molecule has 0 saturated heterocycles. The van der Waals surface area contributed by atoms with Gasteiger partial charge in [0.05, 0.1) is 24.4 Å². The average molecular weight is 424 g/mol. The Hall–Kier alpha value is -0.600. The van der Waals surface area contributed by atoms with Crippen LogP contribution in [0.1, 0.15) is 55.4 Å². The third-order valence-electron chi connectivity index (χ3n) is 3.46. The molecule has 0 aliphatic heterocycles. The van der Waals surface area contributed by atoms with Crippen molar-refractivity contribution >= 4 is 38.1 Å². The molecule has 0 N–H and O–H groups in total. The van der Waals surface area contributed by atoms with Crippen LogP contribution in [-0.4, -0.2) is 24.4 Å². The van der Waals surface area contributed by atoms with Crippen LogP contribution < -0.4 is 10.6 Å². The van der Waals surface area contributed by atoms with Crippen LogP contribution >= 0.6 is 16.8 Å². The van der Waals surface area contributed by atoms with Gasteiger partial charge in [-0.3, -0.25) is 0 Å². The van der Waals surface area contributed by atoms with E-state index in [2.05, 4.69) is 36.4 Å². The van der Waals surface area contributed by atoms with E-state index in [9.17, 15) is 0 Å². The topological polar surface area (TPSA) is 36.9 Å². The minimum absolute atomic E-state index is 0.0624. The van der Waals surface area contributed by atoms with E-state index in [0.717, 1.165) is 21.4 Å². The van der Waals surface area contributed by atoms with Gasteiger partial charge in [0.2, 0.25) is 16.8 Å². The SMILES string of the molecule is CC(C)OP(OC(C)C)c1cc2ccccc2cc1P(OC(C)C)OC(C)C. The van der Waals surface area contributed by atoms with Crippen LogP contribution in [0.4, 0.5) is 0 Å². The predicted molar refractivity (Wildman–Crippen MR) is 122 cm³/mol. The van der Waals surface area contributed by atoms with Crippen molar-refractivity contribution in [3.05, 3.63) is 36.4 Å². The molecule has 0 fully saturated rings. The number of hydrogen-bond donors (Lipinski definition) is 0. The Kier molecular flexibility index (Phi) is 9.28. The van der Waals surface area contributed by atoms with Crippen LogP contribution in [-0.2, 0) is 18.1 Å². The highest BCUT2D eigenvalue weighted by molar-refractivity contribution is 7.63. The van der Waals surface area contributed by atoms with E-state index in [1.165, 1.54) is 0 Å². The van der Waals surface area contributed by atoms with Crippen molar-refractivity contribution in [2.24, 2.45) is 0 Å². The molecule has 6 heteroatoms. The van der Waals surface area contributed by atoms with Crippen molar-refractivity contribution in [2.45, 2.75) is 79.8 Å². The summed E-state index contributed by atoms with van der Waals surface area (Å²) in [6.07, 6.45) is 0.250. The highest BCUT2D eigenvalue weighted by Gasteiger charge is 2.28. The third-order valence-corrected chi connectivity index (χ3v) is 7.62. The largest absolute Gasteiger partial charge is 0.328 e. The van der Waals surface area contributed by atoms with Crippen LogP contribution in [0.25, 0.3) is 10.8 Å². The van der Waals surface area contributed by atoms with Crippen LogP contribution in [0, 0.1) is 0 Å². The van der Waals surface area contributed by atoms with Gasteiger partial charge in [0.25, 0.3) is 0 Å². The second kappa shape index (κ2) is 11.0. The molecule has 2 aromatic rings. The van der Waals surface area contributed by atoms with Crippen LogP contribution in [0.2, 0.25) is 0 Å². The molecular formula is C22H34O4P2. The Morgan fingerprint density at radius 3 is 1.07 bits per heavy atom. The fourth-order valence-electron chi connectivity index (χ4n) is 2.55. The van der Waals surface area contributed by atoms with Gasteiger partial charge in [-0.15, -0.1) is 0 Å². The minimum atomic E-state index is -1.25. The molecule has 0 unspecified atom stereocenters. The maximum atomic E-state index is 6.24. The van der Waals surface area contributed by atoms with Gasteiger partial charge in [0.1, 0.15) is 0 Å². The van der Waals surface area contributed by atoms with E-state index in [-0.39, 0.29) is 24.4 Å². The summed E-state index contributed by atoms with van der Waals surface area (Å²) in [6, 6.07) is 12.7. The summed E-state index contributed by atoms with van der Waals surface area (Å²) in [5, 5.41) is 4.42. The molecule has 0 aromatic heterocycles. The molecule has 0 aliphatic carbocycles. The lowest BCUT2D eigenvalue weighted by molar-refractivity contribution is 0.181. The lowest BCUT2D eigenvalue weighted by Crippen LogP contribution is -2.28. The molecule has 156 valence electrons. The van der Waals surface area contributed by atoms with Gasteiger partial charge in [0, 0.05) is 10.6 Å². The van der Waals surface area contributed by atoms with E-state index in [1.54, 1.807) is 0 Å². The summed E-state index contributed by atoms with van der Waals surface area (Å²) >= 11 is 0. The van der Waals surface area contributed by atoms with Gasteiger partial charge in [-0.1, -0.05) is 24.3 Å². The van der Waals surface area contributed by atoms with Gasteiger partial charge in [-0.2, -0.15) is 0 Å². The molecule has 2 aromatic carbocycles. The van der Waals surface area contributed by atoms with Gasteiger partial charge >= 0.3 is 0 Å². The van der Waals surface area contributed by atoms with Gasteiger partial charge in [-0.25, -0.2) is 0 Å².